The largest absolute Gasteiger partial charge is 2.00 e. The van der Waals surface area contributed by atoms with Crippen molar-refractivity contribution in [1.29, 1.82) is 0 Å². The summed E-state index contributed by atoms with van der Waals surface area (Å²) in [6.45, 7) is 0. The summed E-state index contributed by atoms with van der Waals surface area (Å²) in [6, 6.07) is 0. The smallest absolute Gasteiger partial charge is 2.00 e. The number of aliphatic carboxylic acids is 3. The molecule has 188 valence electrons. The van der Waals surface area contributed by atoms with Gasteiger partial charge in [-0.1, -0.05) is 0 Å². The fourth-order valence-corrected chi connectivity index (χ4v) is 0.906. The maximum atomic E-state index is 10.0. The number of aliphatic hydroxyl groups is 3. The first kappa shape index (κ1) is 41.0. The third kappa shape index (κ3) is 29.7. The molecule has 0 bridgehead atoms. The molecule has 3 atom stereocenters. The van der Waals surface area contributed by atoms with Crippen LogP contribution in [0.5, 0.6) is 0 Å². The average molecular weight is 585 g/mol. The van der Waals surface area contributed by atoms with Crippen LogP contribution in [0.2, 0.25) is 0 Å². The van der Waals surface area contributed by atoms with E-state index < -0.39 is 73.4 Å². The predicted molar refractivity (Wildman–Crippen MR) is 75.3 cm³/mol. The van der Waals surface area contributed by atoms with E-state index >= 15 is 0 Å². The Labute approximate surface area is 203 Å². The van der Waals surface area contributed by atoms with Gasteiger partial charge in [0.05, 0.1) is 0 Å². The van der Waals surface area contributed by atoms with Crippen molar-refractivity contribution >= 4 is 35.8 Å². The molecule has 0 aromatic carbocycles. The molecule has 0 aliphatic rings. The van der Waals surface area contributed by atoms with Gasteiger partial charge in [-0.25, -0.2) is 14.4 Å². The van der Waals surface area contributed by atoms with Crippen LogP contribution in [0.3, 0.4) is 0 Å². The fraction of sp³-hybridized carbons (Fsp3) is 0.500. The van der Waals surface area contributed by atoms with E-state index in [4.69, 9.17) is 35.3 Å². The van der Waals surface area contributed by atoms with Crippen molar-refractivity contribution in [2.24, 2.45) is 0 Å². The Morgan fingerprint density at radius 1 is 0.576 bits per heavy atom. The second-order valence-electron chi connectivity index (χ2n) is 4.51. The molecule has 0 amide bonds. The van der Waals surface area contributed by atoms with Crippen molar-refractivity contribution in [2.45, 2.75) is 37.6 Å². The summed E-state index contributed by atoms with van der Waals surface area (Å²) in [4.78, 5) is 68.2. The fourth-order valence-electron chi connectivity index (χ4n) is 0.906. The van der Waals surface area contributed by atoms with Gasteiger partial charge in [-0.2, -0.15) is 15.8 Å². The van der Waals surface area contributed by atoms with Gasteiger partial charge in [-0.05, 0) is 0 Å². The Hall–Kier alpha value is -2.32. The Morgan fingerprint density at radius 3 is 0.818 bits per heavy atom. The maximum absolute atomic E-state index is 10.0. The van der Waals surface area contributed by atoms with Crippen LogP contribution in [0.1, 0.15) is 19.3 Å². The molecule has 0 fully saturated rings. The molecule has 7 N–H and O–H groups in total. The Kier molecular flexibility index (Phi) is 32.2. The minimum atomic E-state index is -1.87. The molecule has 21 heteroatoms. The molecule has 0 aromatic heterocycles. The van der Waals surface area contributed by atoms with Crippen molar-refractivity contribution in [3.05, 3.63) is 0 Å². The van der Waals surface area contributed by atoms with Crippen LogP contribution in [0, 0.1) is 0 Å². The van der Waals surface area contributed by atoms with Crippen molar-refractivity contribution in [2.75, 3.05) is 0 Å². The number of carboxylic acid groups (broad SMARTS) is 3. The molecule has 0 saturated heterocycles. The van der Waals surface area contributed by atoms with E-state index in [9.17, 15) is 44.1 Å². The van der Waals surface area contributed by atoms with E-state index in [0.29, 0.717) is 0 Å². The van der Waals surface area contributed by atoms with Crippen LogP contribution in [-0.4, -0.2) is 89.4 Å². The zero-order valence-corrected chi connectivity index (χ0v) is 20.0. The first-order valence-corrected chi connectivity index (χ1v) is 7.58. The topological polar surface area (TPSA) is 341 Å². The summed E-state index contributed by atoms with van der Waals surface area (Å²) in [6.07, 6.45) is -8.27. The Morgan fingerprint density at radius 2 is 0.727 bits per heavy atom. The third-order valence-electron chi connectivity index (χ3n) is 2.17. The second-order valence-corrected chi connectivity index (χ2v) is 4.51. The number of hydrogen-bond donors (Lipinski definition) is 7. The zero-order chi connectivity index (χ0) is 26.4. The van der Waals surface area contributed by atoms with E-state index in [0.717, 1.165) is 0 Å². The van der Waals surface area contributed by atoms with E-state index in [1.54, 1.807) is 0 Å². The van der Waals surface area contributed by atoms with Crippen molar-refractivity contribution < 1.29 is 130 Å². The normalized spacial score (nSPS) is 11.3. The van der Waals surface area contributed by atoms with Gasteiger partial charge in [0, 0.05) is 37.2 Å². The van der Waals surface area contributed by atoms with Gasteiger partial charge in [-0.3, -0.25) is 14.7 Å². The molecule has 0 spiro atoms. The van der Waals surface area contributed by atoms with Gasteiger partial charge in [0.25, 0.3) is 0 Å². The number of carboxylic acids is 3. The number of carbonyl (C=O) groups excluding carboxylic acids is 6. The number of rotatable bonds is 9. The van der Waals surface area contributed by atoms with E-state index in [-0.39, 0.29) is 19.5 Å². The quantitative estimate of drug-likeness (QED) is 0.0571. The molecule has 0 aromatic rings. The van der Waals surface area contributed by atoms with Crippen LogP contribution >= 0.6 is 0 Å². The molecule has 0 aliphatic carbocycles. The zero-order valence-electron chi connectivity index (χ0n) is 15.9. The summed E-state index contributed by atoms with van der Waals surface area (Å²) in [5.41, 5.74) is 0. The molecule has 0 rings (SSSR count). The van der Waals surface area contributed by atoms with Gasteiger partial charge >= 0.3 is 57.9 Å². The molecule has 0 saturated carbocycles. The first-order chi connectivity index (χ1) is 14.7. The van der Waals surface area contributed by atoms with Gasteiger partial charge in [-0.15, -0.1) is 0 Å². The van der Waals surface area contributed by atoms with Crippen molar-refractivity contribution in [1.82, 2.24) is 0 Å². The summed E-state index contributed by atoms with van der Waals surface area (Å²) in [5.74, 6) is -9.04. The summed E-state index contributed by atoms with van der Waals surface area (Å²) in [5, 5.41) is 77.1. The summed E-state index contributed by atoms with van der Waals surface area (Å²) in [7, 11) is 0. The van der Waals surface area contributed by atoms with E-state index in [1.165, 1.54) is 0 Å². The van der Waals surface area contributed by atoms with Crippen molar-refractivity contribution in [3.63, 3.8) is 0 Å². The first-order valence-electron chi connectivity index (χ1n) is 7.08. The Balaban J connectivity index is -0.000000113. The second kappa shape index (κ2) is 25.9. The molecular formula is C12H16FeO19Zn. The minimum absolute atomic E-state index is 0. The van der Waals surface area contributed by atoms with Crippen LogP contribution in [0.4, 0.5) is 0 Å². The Bertz CT molecular complexity index is 516. The number of carbonyl (C=O) groups is 6. The van der Waals surface area contributed by atoms with Gasteiger partial charge < -0.3 is 45.0 Å². The third-order valence-corrected chi connectivity index (χ3v) is 2.17. The maximum Gasteiger partial charge on any atom is 2.00 e. The molecule has 0 radical (unpaired) electrons. The summed E-state index contributed by atoms with van der Waals surface area (Å²) >= 11 is 2.25. The molecule has 33 heavy (non-hydrogen) atoms. The SMILES string of the molecule is O=C([O-])CC(O)C(=O)OO.O=C([O-])CC(O)C(=O)OO.O=C([O-])CC(O)C(=O)OO.[OH][Fe+].[Zn+2]. The molecule has 19 nitrogen and oxygen atoms in total. The minimum Gasteiger partial charge on any atom is 2.00 e. The van der Waals surface area contributed by atoms with E-state index in [2.05, 4.69) is 31.0 Å². The van der Waals surface area contributed by atoms with Crippen LogP contribution in [0.15, 0.2) is 0 Å². The van der Waals surface area contributed by atoms with Gasteiger partial charge in [0.1, 0.15) is 0 Å². The standard InChI is InChI=1S/3C4H6O6.Fe.H2O.Zn/c3*5-2(1-3(6)7)4(8)10-9;;;/h3*2,5,9H,1H2,(H,6,7);;1H2;/q;;;+2;;+2/p-4. The molecular weight excluding hydrogens is 569 g/mol. The van der Waals surface area contributed by atoms with Gasteiger partial charge in [0.2, 0.25) is 0 Å². The monoisotopic (exact) mass is 584 g/mol. The average Bonchev–Trinajstić information content (AvgIpc) is 2.72. The molecule has 0 heterocycles. The summed E-state index contributed by atoms with van der Waals surface area (Å²) < 4.78 is 6.75. The van der Waals surface area contributed by atoms with E-state index in [1.807, 2.05) is 0 Å². The van der Waals surface area contributed by atoms with Crippen LogP contribution < -0.4 is 15.3 Å². The predicted octanol–water partition coefficient (Wildman–Crippen LogP) is -8.05. The molecule has 0 aliphatic heterocycles. The molecule has 3 unspecified atom stereocenters. The van der Waals surface area contributed by atoms with Crippen molar-refractivity contribution in [3.8, 4) is 0 Å². The van der Waals surface area contributed by atoms with Crippen LogP contribution in [-0.2, 0) is 79.3 Å². The number of aliphatic hydroxyl groups excluding tert-OH is 3. The van der Waals surface area contributed by atoms with Gasteiger partial charge in [0.15, 0.2) is 18.3 Å². The number of hydrogen-bond acceptors (Lipinski definition) is 19. The van der Waals surface area contributed by atoms with Crippen LogP contribution in [0.25, 0.3) is 0 Å².